The fourth-order valence-corrected chi connectivity index (χ4v) is 1.89. The monoisotopic (exact) mass is 225 g/mol. The average molecular weight is 225 g/mol. The lowest BCUT2D eigenvalue weighted by Gasteiger charge is -2.31. The summed E-state index contributed by atoms with van der Waals surface area (Å²) in [6, 6.07) is -1.40. The molecule has 0 aromatic heterocycles. The van der Waals surface area contributed by atoms with Gasteiger partial charge >= 0.3 is 6.03 Å². The van der Waals surface area contributed by atoms with Crippen LogP contribution in [0.25, 0.3) is 0 Å². The van der Waals surface area contributed by atoms with Gasteiger partial charge in [-0.25, -0.2) is 4.79 Å². The summed E-state index contributed by atoms with van der Waals surface area (Å²) in [5.41, 5.74) is 0. The van der Waals surface area contributed by atoms with Crippen LogP contribution in [-0.2, 0) is 14.4 Å². The number of nitrogens with zero attached hydrogens (tertiary/aromatic N) is 2. The number of carbonyl (C=O) groups excluding carboxylic acids is 4. The largest absolute Gasteiger partial charge is 0.329 e. The average Bonchev–Trinajstić information content (AvgIpc) is 2.57. The van der Waals surface area contributed by atoms with Crippen LogP contribution in [0.15, 0.2) is 0 Å². The molecule has 7 heteroatoms. The number of carbonyl (C=O) groups is 4. The summed E-state index contributed by atoms with van der Waals surface area (Å²) in [5, 5.41) is 2.35. The van der Waals surface area contributed by atoms with Gasteiger partial charge in [0, 0.05) is 13.5 Å². The molecule has 16 heavy (non-hydrogen) atoms. The van der Waals surface area contributed by atoms with E-state index in [-0.39, 0.29) is 25.3 Å². The third-order valence-corrected chi connectivity index (χ3v) is 2.81. The highest BCUT2D eigenvalue weighted by Gasteiger charge is 2.43. The molecule has 0 aromatic carbocycles. The van der Waals surface area contributed by atoms with E-state index in [1.807, 2.05) is 0 Å². The molecule has 2 heterocycles. The number of hydrogen-bond acceptors (Lipinski definition) is 4. The minimum Gasteiger partial charge on any atom is -0.329 e. The number of amides is 5. The molecule has 2 rings (SSSR count). The maximum atomic E-state index is 11.7. The second-order valence-corrected chi connectivity index (χ2v) is 3.77. The van der Waals surface area contributed by atoms with E-state index in [0.29, 0.717) is 0 Å². The number of likely N-dealkylation sites (N-methyl/N-ethyl adjacent to an activating group) is 1. The molecular weight excluding hydrogens is 214 g/mol. The van der Waals surface area contributed by atoms with Crippen LogP contribution in [0.4, 0.5) is 4.79 Å². The molecule has 2 fully saturated rings. The normalized spacial score (nSPS) is 26.4. The first-order valence-corrected chi connectivity index (χ1v) is 4.92. The molecule has 0 radical (unpaired) electrons. The van der Waals surface area contributed by atoms with Gasteiger partial charge in [-0.05, 0) is 6.42 Å². The van der Waals surface area contributed by atoms with Crippen LogP contribution < -0.4 is 5.32 Å². The molecular formula is C9H11N3O4. The third-order valence-electron chi connectivity index (χ3n) is 2.81. The number of likely N-dealkylation sites (tertiary alicyclic amines) is 1. The number of nitrogens with one attached hydrogen (secondary N) is 1. The summed E-state index contributed by atoms with van der Waals surface area (Å²) in [6.45, 7) is -0.0831. The molecule has 0 bridgehead atoms. The van der Waals surface area contributed by atoms with Gasteiger partial charge in [-0.15, -0.1) is 0 Å². The maximum Gasteiger partial charge on any atom is 0.325 e. The summed E-state index contributed by atoms with van der Waals surface area (Å²) < 4.78 is 0. The van der Waals surface area contributed by atoms with Gasteiger partial charge in [0.2, 0.25) is 5.91 Å². The van der Waals surface area contributed by atoms with Crippen molar-refractivity contribution in [2.75, 3.05) is 13.6 Å². The van der Waals surface area contributed by atoms with Crippen LogP contribution >= 0.6 is 0 Å². The second-order valence-electron chi connectivity index (χ2n) is 3.77. The van der Waals surface area contributed by atoms with Crippen molar-refractivity contribution >= 4 is 23.8 Å². The van der Waals surface area contributed by atoms with Gasteiger partial charge in [0.05, 0.1) is 6.54 Å². The molecule has 1 unspecified atom stereocenters. The topological polar surface area (TPSA) is 86.8 Å². The molecule has 0 spiro atoms. The number of imide groups is 2. The predicted octanol–water partition coefficient (Wildman–Crippen LogP) is -1.31. The summed E-state index contributed by atoms with van der Waals surface area (Å²) in [4.78, 5) is 47.6. The molecule has 1 atom stereocenters. The summed E-state index contributed by atoms with van der Waals surface area (Å²) in [6.07, 6.45) is 0.380. The lowest BCUT2D eigenvalue weighted by Crippen LogP contribution is -2.55. The maximum absolute atomic E-state index is 11.7. The highest BCUT2D eigenvalue weighted by Crippen LogP contribution is 2.19. The Morgan fingerprint density at radius 2 is 1.88 bits per heavy atom. The first-order valence-electron chi connectivity index (χ1n) is 4.92. The minimum atomic E-state index is -0.835. The predicted molar refractivity (Wildman–Crippen MR) is 51.0 cm³/mol. The van der Waals surface area contributed by atoms with E-state index >= 15 is 0 Å². The third kappa shape index (κ3) is 1.44. The molecule has 5 amide bonds. The molecule has 2 aliphatic rings. The molecule has 86 valence electrons. The van der Waals surface area contributed by atoms with Crippen molar-refractivity contribution in [2.45, 2.75) is 18.9 Å². The zero-order chi connectivity index (χ0) is 11.9. The lowest BCUT2D eigenvalue weighted by atomic mass is 10.0. The first kappa shape index (κ1) is 10.6. The fraction of sp³-hybridized carbons (Fsp3) is 0.556. The minimum absolute atomic E-state index is 0.0831. The molecule has 0 aromatic rings. The van der Waals surface area contributed by atoms with Crippen molar-refractivity contribution in [3.05, 3.63) is 0 Å². The number of piperidine rings is 1. The first-order chi connectivity index (χ1) is 7.52. The molecule has 1 N–H and O–H groups in total. The van der Waals surface area contributed by atoms with Crippen molar-refractivity contribution in [3.63, 3.8) is 0 Å². The van der Waals surface area contributed by atoms with Crippen molar-refractivity contribution in [3.8, 4) is 0 Å². The van der Waals surface area contributed by atoms with Crippen LogP contribution in [0.5, 0.6) is 0 Å². The Balaban J connectivity index is 2.22. The Morgan fingerprint density at radius 3 is 2.44 bits per heavy atom. The molecule has 2 saturated heterocycles. The van der Waals surface area contributed by atoms with E-state index in [2.05, 4.69) is 5.32 Å². The summed E-state index contributed by atoms with van der Waals surface area (Å²) >= 11 is 0. The molecule has 7 nitrogen and oxygen atoms in total. The van der Waals surface area contributed by atoms with Crippen LogP contribution in [0.2, 0.25) is 0 Å². The van der Waals surface area contributed by atoms with Crippen LogP contribution in [-0.4, -0.2) is 53.2 Å². The number of urea groups is 1. The van der Waals surface area contributed by atoms with Gasteiger partial charge in [0.15, 0.2) is 0 Å². The van der Waals surface area contributed by atoms with E-state index in [0.717, 1.165) is 9.80 Å². The van der Waals surface area contributed by atoms with E-state index in [1.54, 1.807) is 0 Å². The van der Waals surface area contributed by atoms with E-state index < -0.39 is 23.9 Å². The lowest BCUT2D eigenvalue weighted by molar-refractivity contribution is -0.152. The Bertz CT molecular complexity index is 376. The van der Waals surface area contributed by atoms with Gasteiger partial charge in [-0.3, -0.25) is 24.2 Å². The van der Waals surface area contributed by atoms with Crippen molar-refractivity contribution in [2.24, 2.45) is 0 Å². The molecule has 0 saturated carbocycles. The highest BCUT2D eigenvalue weighted by atomic mass is 16.2. The highest BCUT2D eigenvalue weighted by molar-refractivity contribution is 6.08. The van der Waals surface area contributed by atoms with Crippen LogP contribution in [0.1, 0.15) is 12.8 Å². The molecule has 2 aliphatic heterocycles. The standard InChI is InChI=1S/C9H11N3O4/c1-11-6(13)3-2-5(8(11)15)12-7(14)4-10-9(12)16/h5H,2-4H2,1H3,(H,10,16). The second kappa shape index (κ2) is 3.58. The number of rotatable bonds is 1. The van der Waals surface area contributed by atoms with E-state index in [4.69, 9.17) is 0 Å². The summed E-state index contributed by atoms with van der Waals surface area (Å²) in [5.74, 6) is -1.21. The van der Waals surface area contributed by atoms with Gasteiger partial charge in [-0.1, -0.05) is 0 Å². The summed E-state index contributed by atoms with van der Waals surface area (Å²) in [7, 11) is 1.36. The Morgan fingerprint density at radius 1 is 1.19 bits per heavy atom. The van der Waals surface area contributed by atoms with Crippen molar-refractivity contribution in [1.82, 2.24) is 15.1 Å². The zero-order valence-corrected chi connectivity index (χ0v) is 8.73. The van der Waals surface area contributed by atoms with Gasteiger partial charge < -0.3 is 5.32 Å². The zero-order valence-electron chi connectivity index (χ0n) is 8.73. The van der Waals surface area contributed by atoms with Crippen LogP contribution in [0.3, 0.4) is 0 Å². The van der Waals surface area contributed by atoms with Gasteiger partial charge in [0.1, 0.15) is 6.04 Å². The van der Waals surface area contributed by atoms with Crippen LogP contribution in [0, 0.1) is 0 Å². The van der Waals surface area contributed by atoms with Gasteiger partial charge in [-0.2, -0.15) is 0 Å². The van der Waals surface area contributed by atoms with E-state index in [1.165, 1.54) is 7.05 Å². The van der Waals surface area contributed by atoms with Crippen molar-refractivity contribution < 1.29 is 19.2 Å². The number of hydrogen-bond donors (Lipinski definition) is 1. The fourth-order valence-electron chi connectivity index (χ4n) is 1.89. The van der Waals surface area contributed by atoms with Crippen molar-refractivity contribution in [1.29, 1.82) is 0 Å². The Kier molecular flexibility index (Phi) is 2.37. The SMILES string of the molecule is CN1C(=O)CCC(N2C(=O)CNC2=O)C1=O. The Hall–Kier alpha value is -1.92. The molecule has 0 aliphatic carbocycles. The van der Waals surface area contributed by atoms with Gasteiger partial charge in [0.25, 0.3) is 11.8 Å². The Labute approximate surface area is 91.4 Å². The quantitative estimate of drug-likeness (QED) is 0.443. The van der Waals surface area contributed by atoms with E-state index in [9.17, 15) is 19.2 Å². The smallest absolute Gasteiger partial charge is 0.325 e.